The highest BCUT2D eigenvalue weighted by atomic mass is 16.6. The number of carbonyl (C=O) groups excluding carboxylic acids is 2. The van der Waals surface area contributed by atoms with Crippen molar-refractivity contribution in [3.63, 3.8) is 0 Å². The van der Waals surface area contributed by atoms with Crippen molar-refractivity contribution < 1.29 is 14.3 Å². The molecule has 41 heavy (non-hydrogen) atoms. The van der Waals surface area contributed by atoms with Crippen LogP contribution in [0.1, 0.15) is 40.5 Å². The van der Waals surface area contributed by atoms with E-state index in [0.29, 0.717) is 32.7 Å². The maximum absolute atomic E-state index is 13.0. The molecule has 3 aliphatic rings. The van der Waals surface area contributed by atoms with Gasteiger partial charge in [-0.05, 0) is 59.7 Å². The number of amides is 2. The van der Waals surface area contributed by atoms with Crippen LogP contribution in [0.5, 0.6) is 0 Å². The summed E-state index contributed by atoms with van der Waals surface area (Å²) in [6, 6.07) is 4.30. The minimum absolute atomic E-state index is 0.0242. The van der Waals surface area contributed by atoms with Gasteiger partial charge in [-0.3, -0.25) is 9.69 Å². The molecular weight excluding hydrogens is 520 g/mol. The van der Waals surface area contributed by atoms with Crippen LogP contribution in [-0.2, 0) is 9.53 Å². The number of likely N-dealkylation sites (tertiary alicyclic amines) is 1. The third-order valence-corrected chi connectivity index (χ3v) is 8.92. The first-order valence-electron chi connectivity index (χ1n) is 15.8. The fourth-order valence-corrected chi connectivity index (χ4v) is 6.18. The Balaban J connectivity index is 1.31. The molecule has 0 N–H and O–H groups in total. The second-order valence-corrected chi connectivity index (χ2v) is 11.4. The van der Waals surface area contributed by atoms with Gasteiger partial charge in [0, 0.05) is 85.1 Å². The Bertz CT molecular complexity index is 986. The zero-order chi connectivity index (χ0) is 29.4. The van der Waals surface area contributed by atoms with E-state index in [1.165, 1.54) is 0 Å². The van der Waals surface area contributed by atoms with Crippen LogP contribution in [0.4, 0.5) is 22.1 Å². The first-order chi connectivity index (χ1) is 19.9. The number of ether oxygens (including phenoxy) is 1. The second-order valence-electron chi connectivity index (χ2n) is 11.4. The predicted molar refractivity (Wildman–Crippen MR) is 165 cm³/mol. The molecule has 3 fully saturated rings. The number of likely N-dealkylation sites (N-methyl/N-ethyl adjacent to an activating group) is 1. The van der Waals surface area contributed by atoms with E-state index >= 15 is 0 Å². The standard InChI is InChI=1S/C30H52N8O3/c1-6-34(7-2)26-12-13-27(35(8-3)9-4)31-29(26)36-19-21-37(22-20-36)30(40)41-24-25-11-10-14-38(25)28(39)23-33-17-15-32(5)16-18-33/h12-13,25H,6-11,14-24H2,1-5H3. The van der Waals surface area contributed by atoms with Crippen molar-refractivity contribution in [1.82, 2.24) is 24.6 Å². The van der Waals surface area contributed by atoms with Crippen LogP contribution in [0.2, 0.25) is 0 Å². The lowest BCUT2D eigenvalue weighted by Gasteiger charge is -2.38. The molecule has 4 rings (SSSR count). The average molecular weight is 573 g/mol. The Hall–Kier alpha value is -2.79. The molecule has 1 atom stereocenters. The molecule has 1 unspecified atom stereocenters. The van der Waals surface area contributed by atoms with Gasteiger partial charge >= 0.3 is 6.09 Å². The summed E-state index contributed by atoms with van der Waals surface area (Å²) in [4.78, 5) is 46.4. The molecule has 0 aliphatic carbocycles. The van der Waals surface area contributed by atoms with Crippen LogP contribution in [0.15, 0.2) is 12.1 Å². The van der Waals surface area contributed by atoms with Crippen molar-refractivity contribution in [1.29, 1.82) is 0 Å². The highest BCUT2D eigenvalue weighted by Gasteiger charge is 2.32. The molecule has 0 bridgehead atoms. The number of anilines is 3. The lowest BCUT2D eigenvalue weighted by atomic mass is 10.2. The Morgan fingerprint density at radius 3 is 2.17 bits per heavy atom. The number of piperazine rings is 2. The van der Waals surface area contributed by atoms with Gasteiger partial charge in [0.25, 0.3) is 0 Å². The van der Waals surface area contributed by atoms with Gasteiger partial charge in [0.2, 0.25) is 5.91 Å². The first-order valence-corrected chi connectivity index (χ1v) is 15.8. The van der Waals surface area contributed by atoms with Gasteiger partial charge in [-0.15, -0.1) is 0 Å². The van der Waals surface area contributed by atoms with Crippen molar-refractivity contribution >= 4 is 29.3 Å². The van der Waals surface area contributed by atoms with Crippen molar-refractivity contribution in [3.8, 4) is 0 Å². The third-order valence-electron chi connectivity index (χ3n) is 8.92. The van der Waals surface area contributed by atoms with E-state index in [0.717, 1.165) is 89.1 Å². The van der Waals surface area contributed by atoms with E-state index in [1.807, 2.05) is 4.90 Å². The molecule has 1 aromatic rings. The minimum Gasteiger partial charge on any atom is -0.447 e. The van der Waals surface area contributed by atoms with Crippen molar-refractivity contribution in [2.45, 2.75) is 46.6 Å². The van der Waals surface area contributed by atoms with Gasteiger partial charge in [-0.2, -0.15) is 0 Å². The van der Waals surface area contributed by atoms with Gasteiger partial charge < -0.3 is 34.1 Å². The number of nitrogens with zero attached hydrogens (tertiary/aromatic N) is 8. The molecule has 11 heteroatoms. The summed E-state index contributed by atoms with van der Waals surface area (Å²) < 4.78 is 5.79. The molecule has 0 aromatic carbocycles. The SMILES string of the molecule is CCN(CC)c1ccc(N(CC)CC)c(N2CCN(C(=O)OCC3CCCN3C(=O)CN3CCN(C)CC3)CC2)n1. The van der Waals surface area contributed by atoms with E-state index in [-0.39, 0.29) is 24.6 Å². The topological polar surface area (TPSA) is 78.9 Å². The van der Waals surface area contributed by atoms with E-state index < -0.39 is 0 Å². The van der Waals surface area contributed by atoms with Crippen molar-refractivity contribution in [2.75, 3.05) is 120 Å². The Kier molecular flexibility index (Phi) is 11.3. The van der Waals surface area contributed by atoms with Crippen LogP contribution in [0.25, 0.3) is 0 Å². The fraction of sp³-hybridized carbons (Fsp3) is 0.767. The van der Waals surface area contributed by atoms with Gasteiger partial charge in [-0.1, -0.05) is 0 Å². The number of aromatic nitrogens is 1. The van der Waals surface area contributed by atoms with Gasteiger partial charge in [-0.25, -0.2) is 9.78 Å². The fourth-order valence-electron chi connectivity index (χ4n) is 6.18. The number of pyridine rings is 1. The zero-order valence-corrected chi connectivity index (χ0v) is 26.1. The summed E-state index contributed by atoms with van der Waals surface area (Å²) in [5.41, 5.74) is 1.14. The van der Waals surface area contributed by atoms with E-state index in [9.17, 15) is 9.59 Å². The van der Waals surface area contributed by atoms with E-state index in [1.54, 1.807) is 4.90 Å². The van der Waals surface area contributed by atoms with Crippen LogP contribution in [0, 0.1) is 0 Å². The van der Waals surface area contributed by atoms with Crippen LogP contribution >= 0.6 is 0 Å². The summed E-state index contributed by atoms with van der Waals surface area (Å²) in [6.45, 7) is 20.2. The Morgan fingerprint density at radius 1 is 0.878 bits per heavy atom. The molecule has 3 saturated heterocycles. The Morgan fingerprint density at radius 2 is 1.54 bits per heavy atom. The smallest absolute Gasteiger partial charge is 0.409 e. The molecule has 0 saturated carbocycles. The molecular formula is C30H52N8O3. The van der Waals surface area contributed by atoms with Crippen molar-refractivity contribution in [2.24, 2.45) is 0 Å². The van der Waals surface area contributed by atoms with E-state index in [4.69, 9.17) is 9.72 Å². The van der Waals surface area contributed by atoms with Crippen molar-refractivity contribution in [3.05, 3.63) is 12.1 Å². The molecule has 230 valence electrons. The van der Waals surface area contributed by atoms with Crippen LogP contribution < -0.4 is 14.7 Å². The van der Waals surface area contributed by atoms with Gasteiger partial charge in [0.15, 0.2) is 5.82 Å². The lowest BCUT2D eigenvalue weighted by molar-refractivity contribution is -0.134. The second kappa shape index (κ2) is 14.9. The molecule has 2 amide bonds. The summed E-state index contributed by atoms with van der Waals surface area (Å²) >= 11 is 0. The average Bonchev–Trinajstić information content (AvgIpc) is 3.48. The quantitative estimate of drug-likeness (QED) is 0.397. The number of rotatable bonds is 11. The summed E-state index contributed by atoms with van der Waals surface area (Å²) in [5.74, 6) is 2.14. The molecule has 4 heterocycles. The molecule has 0 spiro atoms. The van der Waals surface area contributed by atoms with Crippen LogP contribution in [-0.4, -0.2) is 148 Å². The molecule has 11 nitrogen and oxygen atoms in total. The summed E-state index contributed by atoms with van der Waals surface area (Å²) in [7, 11) is 2.12. The molecule has 0 radical (unpaired) electrons. The van der Waals surface area contributed by atoms with Gasteiger partial charge in [0.1, 0.15) is 12.4 Å². The molecule has 3 aliphatic heterocycles. The maximum Gasteiger partial charge on any atom is 0.409 e. The number of hydrogen-bond acceptors (Lipinski definition) is 9. The largest absolute Gasteiger partial charge is 0.447 e. The van der Waals surface area contributed by atoms with Gasteiger partial charge in [0.05, 0.1) is 18.3 Å². The number of carbonyl (C=O) groups is 2. The van der Waals surface area contributed by atoms with E-state index in [2.05, 4.69) is 71.4 Å². The Labute approximate surface area is 247 Å². The monoisotopic (exact) mass is 572 g/mol. The maximum atomic E-state index is 13.0. The zero-order valence-electron chi connectivity index (χ0n) is 26.1. The summed E-state index contributed by atoms with van der Waals surface area (Å²) in [6.07, 6.45) is 1.57. The lowest BCUT2D eigenvalue weighted by Crippen LogP contribution is -2.51. The minimum atomic E-state index is -0.281. The third kappa shape index (κ3) is 7.74. The summed E-state index contributed by atoms with van der Waals surface area (Å²) in [5, 5.41) is 0. The normalized spacial score (nSPS) is 20.4. The highest BCUT2D eigenvalue weighted by Crippen LogP contribution is 2.31. The first kappa shape index (κ1) is 31.2. The number of hydrogen-bond donors (Lipinski definition) is 0. The predicted octanol–water partition coefficient (Wildman–Crippen LogP) is 2.27. The highest BCUT2D eigenvalue weighted by molar-refractivity contribution is 5.79. The molecule has 1 aromatic heterocycles. The van der Waals surface area contributed by atoms with Crippen LogP contribution in [0.3, 0.4) is 0 Å².